The summed E-state index contributed by atoms with van der Waals surface area (Å²) in [5.74, 6) is -4.95. The van der Waals surface area contributed by atoms with Gasteiger partial charge in [-0.1, -0.05) is 6.07 Å². The highest BCUT2D eigenvalue weighted by molar-refractivity contribution is 6.13. The van der Waals surface area contributed by atoms with Gasteiger partial charge in [-0.15, -0.1) is 0 Å². The number of benzene rings is 2. The number of hydrogen-bond acceptors (Lipinski definition) is 3. The molecule has 0 aliphatic heterocycles. The van der Waals surface area contributed by atoms with Crippen molar-refractivity contribution < 1.29 is 32.3 Å². The predicted octanol–water partition coefficient (Wildman–Crippen LogP) is 3.25. The molecule has 0 radical (unpaired) electrons. The third-order valence-electron chi connectivity index (χ3n) is 3.78. The maximum Gasteiger partial charge on any atom is 0.293 e. The topological polar surface area (TPSA) is 67.2 Å². The lowest BCUT2D eigenvalue weighted by Crippen LogP contribution is -2.35. The van der Waals surface area contributed by atoms with Crippen LogP contribution in [-0.4, -0.2) is 11.0 Å². The Morgan fingerprint density at radius 2 is 1.58 bits per heavy atom. The van der Waals surface area contributed by atoms with Crippen LogP contribution < -0.4 is 10.5 Å². The molecule has 3 aromatic rings. The smallest absolute Gasteiger partial charge is 0.293 e. The molecule has 0 spiro atoms. The van der Waals surface area contributed by atoms with Gasteiger partial charge in [0.1, 0.15) is 34.5 Å². The van der Waals surface area contributed by atoms with Crippen molar-refractivity contribution in [1.82, 2.24) is 0 Å². The number of nitrogens with two attached hydrogens (primary N) is 1. The van der Waals surface area contributed by atoms with Crippen LogP contribution in [0.3, 0.4) is 0 Å². The van der Waals surface area contributed by atoms with Crippen LogP contribution in [0.15, 0.2) is 48.7 Å². The molecule has 0 saturated heterocycles. The molecule has 0 saturated carbocycles. The number of halogens is 4. The first-order valence-corrected chi connectivity index (χ1v) is 7.28. The fraction of sp³-hybridized carbons (Fsp3) is 0. The van der Waals surface area contributed by atoms with Crippen LogP contribution in [0.2, 0.25) is 0 Å². The summed E-state index contributed by atoms with van der Waals surface area (Å²) in [6, 6.07) is 6.42. The highest BCUT2D eigenvalue weighted by atomic mass is 19.1. The summed E-state index contributed by atoms with van der Waals surface area (Å²) in [4.78, 5) is 12.5. The van der Waals surface area contributed by atoms with Crippen molar-refractivity contribution in [2.75, 3.05) is 5.73 Å². The van der Waals surface area contributed by atoms with Crippen molar-refractivity contribution in [3.8, 4) is 11.3 Å². The van der Waals surface area contributed by atoms with Gasteiger partial charge in [-0.05, 0) is 24.3 Å². The van der Waals surface area contributed by atoms with E-state index in [0.29, 0.717) is 10.8 Å². The van der Waals surface area contributed by atoms with Crippen molar-refractivity contribution in [1.29, 1.82) is 0 Å². The fourth-order valence-corrected chi connectivity index (χ4v) is 2.55. The quantitative estimate of drug-likeness (QED) is 0.325. The number of anilines is 1. The Bertz CT molecular complexity index is 1020. The van der Waals surface area contributed by atoms with E-state index in [-0.39, 0.29) is 5.56 Å². The average molecular weight is 363 g/mol. The van der Waals surface area contributed by atoms with Gasteiger partial charge in [-0.3, -0.25) is 10.0 Å². The van der Waals surface area contributed by atoms with Crippen LogP contribution >= 0.6 is 0 Å². The van der Waals surface area contributed by atoms with Crippen LogP contribution in [0.1, 0.15) is 15.9 Å². The molecule has 8 heteroatoms. The number of rotatable bonds is 3. The average Bonchev–Trinajstić information content (AvgIpc) is 2.57. The first kappa shape index (κ1) is 17.4. The zero-order chi connectivity index (χ0) is 19.0. The molecular formula is C18H11F4N2O2+. The fourth-order valence-electron chi connectivity index (χ4n) is 2.55. The molecule has 3 rings (SSSR count). The summed E-state index contributed by atoms with van der Waals surface area (Å²) in [5.41, 5.74) is 3.43. The van der Waals surface area contributed by atoms with Crippen LogP contribution in [0.5, 0.6) is 0 Å². The van der Waals surface area contributed by atoms with E-state index >= 15 is 0 Å². The Kier molecular flexibility index (Phi) is 4.33. The number of pyridine rings is 1. The van der Waals surface area contributed by atoms with E-state index in [0.717, 1.165) is 42.6 Å². The van der Waals surface area contributed by atoms with Gasteiger partial charge in [0.25, 0.3) is 5.69 Å². The summed E-state index contributed by atoms with van der Waals surface area (Å²) in [5, 5.41) is 9.93. The minimum absolute atomic E-state index is 0.307. The van der Waals surface area contributed by atoms with E-state index in [1.165, 1.54) is 0 Å². The summed E-state index contributed by atoms with van der Waals surface area (Å²) < 4.78 is 55.4. The largest absolute Gasteiger partial charge is 0.393 e. The van der Waals surface area contributed by atoms with Crippen LogP contribution in [0.25, 0.3) is 11.3 Å². The van der Waals surface area contributed by atoms with E-state index in [4.69, 9.17) is 5.73 Å². The second-order valence-corrected chi connectivity index (χ2v) is 5.39. The van der Waals surface area contributed by atoms with E-state index in [1.54, 1.807) is 0 Å². The summed E-state index contributed by atoms with van der Waals surface area (Å²) in [6.07, 6.45) is 0.937. The number of carbonyl (C=O) groups is 1. The third-order valence-corrected chi connectivity index (χ3v) is 3.78. The molecule has 3 N–H and O–H groups in total. The van der Waals surface area contributed by atoms with E-state index in [9.17, 15) is 27.6 Å². The van der Waals surface area contributed by atoms with Crippen LogP contribution in [0, 0.1) is 23.3 Å². The molecule has 0 fully saturated rings. The predicted molar refractivity (Wildman–Crippen MR) is 83.4 cm³/mol. The van der Waals surface area contributed by atoms with Gasteiger partial charge >= 0.3 is 0 Å². The number of hydrogen-bond donors (Lipinski definition) is 2. The molecule has 1 aromatic heterocycles. The molecule has 1 heterocycles. The maximum absolute atomic E-state index is 14.1. The highest BCUT2D eigenvalue weighted by Gasteiger charge is 2.30. The lowest BCUT2D eigenvalue weighted by atomic mass is 9.98. The van der Waals surface area contributed by atoms with Gasteiger partial charge < -0.3 is 5.73 Å². The summed E-state index contributed by atoms with van der Waals surface area (Å²) >= 11 is 0. The first-order valence-electron chi connectivity index (χ1n) is 7.28. The van der Waals surface area contributed by atoms with Crippen LogP contribution in [-0.2, 0) is 0 Å². The number of ketones is 1. The van der Waals surface area contributed by atoms with Gasteiger partial charge in [0.05, 0.1) is 11.1 Å². The lowest BCUT2D eigenvalue weighted by molar-refractivity contribution is -0.895. The number of carbonyl (C=O) groups excluding carboxylic acids is 1. The van der Waals surface area contributed by atoms with E-state index in [1.807, 2.05) is 0 Å². The molecule has 0 amide bonds. The summed E-state index contributed by atoms with van der Waals surface area (Å²) in [7, 11) is 0. The van der Waals surface area contributed by atoms with Gasteiger partial charge in [-0.2, -0.15) is 0 Å². The molecule has 0 unspecified atom stereocenters. The normalized spacial score (nSPS) is 10.8. The Labute approximate surface area is 144 Å². The minimum atomic E-state index is -1.12. The van der Waals surface area contributed by atoms with Gasteiger partial charge in [0.2, 0.25) is 6.20 Å². The molecule has 26 heavy (non-hydrogen) atoms. The Morgan fingerprint density at radius 3 is 2.19 bits per heavy atom. The van der Waals surface area contributed by atoms with Crippen molar-refractivity contribution in [3.05, 3.63) is 83.1 Å². The Hall–Kier alpha value is -3.42. The van der Waals surface area contributed by atoms with Gasteiger partial charge in [-0.25, -0.2) is 17.6 Å². The zero-order valence-electron chi connectivity index (χ0n) is 13.0. The van der Waals surface area contributed by atoms with Gasteiger partial charge in [0.15, 0.2) is 5.78 Å². The molecule has 0 bridgehead atoms. The SMILES string of the molecule is Nc1c(C(=O)c2ccc(F)cc2F)cc[n+](O)c1-c1c(F)cccc1F. The first-order chi connectivity index (χ1) is 12.3. The van der Waals surface area contributed by atoms with Crippen molar-refractivity contribution in [2.45, 2.75) is 0 Å². The van der Waals surface area contributed by atoms with Crippen molar-refractivity contribution >= 4 is 11.5 Å². The van der Waals surface area contributed by atoms with E-state index in [2.05, 4.69) is 0 Å². The van der Waals surface area contributed by atoms with Crippen molar-refractivity contribution in [3.63, 3.8) is 0 Å². The Balaban J connectivity index is 2.21. The lowest BCUT2D eigenvalue weighted by Gasteiger charge is -2.09. The molecule has 0 aliphatic carbocycles. The second-order valence-electron chi connectivity index (χ2n) is 5.39. The molecular weight excluding hydrogens is 352 g/mol. The molecule has 0 aliphatic rings. The van der Waals surface area contributed by atoms with Gasteiger partial charge in [0, 0.05) is 16.9 Å². The maximum atomic E-state index is 14.1. The second kappa shape index (κ2) is 6.47. The van der Waals surface area contributed by atoms with E-state index < -0.39 is 51.6 Å². The zero-order valence-corrected chi connectivity index (χ0v) is 13.0. The standard InChI is InChI=1S/C18H10F4N2O2/c19-9-4-5-10(14(22)8-9)18(25)11-6-7-24(26)17(16(11)23)15-12(20)2-1-3-13(15)21/h1-8H,(H2-,23,25,26)/p+1. The third kappa shape index (κ3) is 2.85. The Morgan fingerprint density at radius 1 is 0.923 bits per heavy atom. The minimum Gasteiger partial charge on any atom is -0.393 e. The number of nitrogen functional groups attached to an aromatic ring is 1. The van der Waals surface area contributed by atoms with Crippen LogP contribution in [0.4, 0.5) is 23.2 Å². The molecule has 132 valence electrons. The summed E-state index contributed by atoms with van der Waals surface area (Å²) in [6.45, 7) is 0. The molecule has 0 atom stereocenters. The monoisotopic (exact) mass is 363 g/mol. The van der Waals surface area contributed by atoms with Crippen molar-refractivity contribution in [2.24, 2.45) is 0 Å². The number of nitrogens with zero attached hydrogens (tertiary/aromatic N) is 1. The molecule has 2 aromatic carbocycles. The highest BCUT2D eigenvalue weighted by Crippen LogP contribution is 2.30. The number of aromatic nitrogens is 1. The molecule has 4 nitrogen and oxygen atoms in total.